The molecule has 0 aromatic carbocycles. The minimum Gasteiger partial charge on any atom is -0.381 e. The highest BCUT2D eigenvalue weighted by molar-refractivity contribution is 4.96. The van der Waals surface area contributed by atoms with Crippen LogP contribution in [0.1, 0.15) is 33.6 Å². The summed E-state index contributed by atoms with van der Waals surface area (Å²) >= 11 is 0. The maximum Gasteiger partial charge on any atom is 0.0880 e. The molecule has 0 aromatic rings. The van der Waals surface area contributed by atoms with Crippen LogP contribution in [0.25, 0.3) is 0 Å². The molecule has 3 nitrogen and oxygen atoms in total. The molecule has 1 N–H and O–H groups in total. The van der Waals surface area contributed by atoms with Crippen LogP contribution in [0, 0.1) is 5.92 Å². The number of likely N-dealkylation sites (N-methyl/N-ethyl adjacent to an activating group) is 1. The molecule has 0 saturated carbocycles. The van der Waals surface area contributed by atoms with Gasteiger partial charge in [0.15, 0.2) is 0 Å². The molecular weight excluding hydrogens is 190 g/mol. The predicted octanol–water partition coefficient (Wildman–Crippen LogP) is 1.82. The Hall–Kier alpha value is -0.120. The lowest BCUT2D eigenvalue weighted by Gasteiger charge is -2.44. The van der Waals surface area contributed by atoms with Crippen molar-refractivity contribution in [2.24, 2.45) is 5.92 Å². The van der Waals surface area contributed by atoms with Gasteiger partial charge in [0.2, 0.25) is 0 Å². The number of ether oxygens (including phenoxy) is 2. The van der Waals surface area contributed by atoms with E-state index in [1.165, 1.54) is 0 Å². The van der Waals surface area contributed by atoms with E-state index in [1.54, 1.807) is 0 Å². The summed E-state index contributed by atoms with van der Waals surface area (Å²) in [6.45, 7) is 9.00. The summed E-state index contributed by atoms with van der Waals surface area (Å²) in [4.78, 5) is 0. The van der Waals surface area contributed by atoms with Gasteiger partial charge in [0.1, 0.15) is 0 Å². The van der Waals surface area contributed by atoms with Gasteiger partial charge in [-0.1, -0.05) is 13.8 Å². The molecule has 0 aromatic heterocycles. The lowest BCUT2D eigenvalue weighted by molar-refractivity contribution is -0.132. The second-order valence-corrected chi connectivity index (χ2v) is 4.62. The third-order valence-electron chi connectivity index (χ3n) is 3.32. The molecule has 1 aliphatic rings. The van der Waals surface area contributed by atoms with Gasteiger partial charge in [-0.2, -0.15) is 0 Å². The van der Waals surface area contributed by atoms with Gasteiger partial charge in [-0.15, -0.1) is 0 Å². The Morgan fingerprint density at radius 1 is 1.33 bits per heavy atom. The lowest BCUT2D eigenvalue weighted by atomic mass is 9.80. The fourth-order valence-electron chi connectivity index (χ4n) is 2.75. The highest BCUT2D eigenvalue weighted by Gasteiger charge is 2.41. The Bertz CT molecular complexity index is 171. The summed E-state index contributed by atoms with van der Waals surface area (Å²) in [5.41, 5.74) is -0.0179. The minimum atomic E-state index is -0.0179. The molecular formula is C12H25NO2. The van der Waals surface area contributed by atoms with Crippen molar-refractivity contribution in [1.82, 2.24) is 5.32 Å². The Balaban J connectivity index is 2.76. The first-order chi connectivity index (χ1) is 7.16. The van der Waals surface area contributed by atoms with E-state index in [1.807, 2.05) is 7.05 Å². The fourth-order valence-corrected chi connectivity index (χ4v) is 2.75. The van der Waals surface area contributed by atoms with Crippen LogP contribution >= 0.6 is 0 Å². The summed E-state index contributed by atoms with van der Waals surface area (Å²) in [6.07, 6.45) is 2.01. The van der Waals surface area contributed by atoms with E-state index in [4.69, 9.17) is 9.47 Å². The first-order valence-corrected chi connectivity index (χ1v) is 6.05. The Labute approximate surface area is 93.5 Å². The van der Waals surface area contributed by atoms with E-state index < -0.39 is 0 Å². The van der Waals surface area contributed by atoms with Crippen molar-refractivity contribution >= 4 is 0 Å². The topological polar surface area (TPSA) is 30.5 Å². The molecule has 3 heteroatoms. The first kappa shape index (κ1) is 12.9. The van der Waals surface area contributed by atoms with Crippen LogP contribution in [0.2, 0.25) is 0 Å². The largest absolute Gasteiger partial charge is 0.381 e. The van der Waals surface area contributed by atoms with Crippen molar-refractivity contribution in [3.63, 3.8) is 0 Å². The second kappa shape index (κ2) is 5.83. The number of nitrogens with one attached hydrogen (secondary N) is 1. The molecule has 1 saturated heterocycles. The van der Waals surface area contributed by atoms with Crippen LogP contribution in [0.4, 0.5) is 0 Å². The van der Waals surface area contributed by atoms with Gasteiger partial charge in [0, 0.05) is 38.7 Å². The van der Waals surface area contributed by atoms with Crippen molar-refractivity contribution in [2.45, 2.75) is 45.3 Å². The molecule has 1 atom stereocenters. The molecule has 0 radical (unpaired) electrons. The van der Waals surface area contributed by atoms with E-state index in [0.29, 0.717) is 12.0 Å². The van der Waals surface area contributed by atoms with Crippen molar-refractivity contribution < 1.29 is 9.47 Å². The highest BCUT2D eigenvalue weighted by Crippen LogP contribution is 2.32. The van der Waals surface area contributed by atoms with Gasteiger partial charge in [-0.25, -0.2) is 0 Å². The summed E-state index contributed by atoms with van der Waals surface area (Å²) in [7, 11) is 2.03. The lowest BCUT2D eigenvalue weighted by Crippen LogP contribution is -2.57. The van der Waals surface area contributed by atoms with Crippen LogP contribution in [0.3, 0.4) is 0 Å². The Morgan fingerprint density at radius 2 is 1.93 bits per heavy atom. The second-order valence-electron chi connectivity index (χ2n) is 4.62. The Kier molecular flexibility index (Phi) is 5.03. The first-order valence-electron chi connectivity index (χ1n) is 6.05. The maximum absolute atomic E-state index is 6.04. The molecule has 0 spiro atoms. The predicted molar refractivity (Wildman–Crippen MR) is 62.1 cm³/mol. The van der Waals surface area contributed by atoms with Gasteiger partial charge in [0.25, 0.3) is 0 Å². The molecule has 0 bridgehead atoms. The van der Waals surface area contributed by atoms with Gasteiger partial charge in [0.05, 0.1) is 5.60 Å². The van der Waals surface area contributed by atoms with Crippen molar-refractivity contribution in [2.75, 3.05) is 26.9 Å². The molecule has 1 unspecified atom stereocenters. The molecule has 15 heavy (non-hydrogen) atoms. The zero-order valence-electron chi connectivity index (χ0n) is 10.5. The zero-order valence-corrected chi connectivity index (χ0v) is 10.5. The smallest absolute Gasteiger partial charge is 0.0880 e. The fraction of sp³-hybridized carbons (Fsp3) is 1.00. The molecule has 0 amide bonds. The average Bonchev–Trinajstić information content (AvgIpc) is 2.19. The molecule has 0 aliphatic carbocycles. The third kappa shape index (κ3) is 2.92. The van der Waals surface area contributed by atoms with E-state index in [0.717, 1.165) is 32.7 Å². The average molecular weight is 215 g/mol. The highest BCUT2D eigenvalue weighted by atomic mass is 16.5. The molecule has 1 fully saturated rings. The monoisotopic (exact) mass is 215 g/mol. The van der Waals surface area contributed by atoms with Crippen LogP contribution < -0.4 is 5.32 Å². The van der Waals surface area contributed by atoms with Crippen LogP contribution in [0.15, 0.2) is 0 Å². The van der Waals surface area contributed by atoms with Gasteiger partial charge in [-0.3, -0.25) is 0 Å². The van der Waals surface area contributed by atoms with Crippen LogP contribution in [0.5, 0.6) is 0 Å². The standard InChI is InChI=1S/C12H25NO2/c1-5-15-12(6-8-14-9-7-12)11(13-4)10(2)3/h10-11,13H,5-9H2,1-4H3. The third-order valence-corrected chi connectivity index (χ3v) is 3.32. The maximum atomic E-state index is 6.04. The van der Waals surface area contributed by atoms with Gasteiger partial charge < -0.3 is 14.8 Å². The normalized spacial score (nSPS) is 23.0. The van der Waals surface area contributed by atoms with Gasteiger partial charge in [-0.05, 0) is 19.9 Å². The summed E-state index contributed by atoms with van der Waals surface area (Å²) in [6, 6.07) is 0.418. The van der Waals surface area contributed by atoms with E-state index in [-0.39, 0.29) is 5.60 Å². The molecule has 90 valence electrons. The van der Waals surface area contributed by atoms with E-state index in [9.17, 15) is 0 Å². The van der Waals surface area contributed by atoms with Crippen molar-refractivity contribution in [3.05, 3.63) is 0 Å². The molecule has 1 aliphatic heterocycles. The number of rotatable bonds is 5. The van der Waals surface area contributed by atoms with E-state index in [2.05, 4.69) is 26.1 Å². The quantitative estimate of drug-likeness (QED) is 0.759. The zero-order chi connectivity index (χ0) is 11.3. The molecule has 1 rings (SSSR count). The SMILES string of the molecule is CCOC1(C(NC)C(C)C)CCOCC1. The number of hydrogen-bond donors (Lipinski definition) is 1. The summed E-state index contributed by atoms with van der Waals surface area (Å²) in [5, 5.41) is 3.42. The van der Waals surface area contributed by atoms with Crippen LogP contribution in [-0.2, 0) is 9.47 Å². The molecule has 1 heterocycles. The summed E-state index contributed by atoms with van der Waals surface area (Å²) in [5.74, 6) is 0.583. The van der Waals surface area contributed by atoms with Crippen molar-refractivity contribution in [3.8, 4) is 0 Å². The van der Waals surface area contributed by atoms with Crippen LogP contribution in [-0.4, -0.2) is 38.5 Å². The Morgan fingerprint density at radius 3 is 2.33 bits per heavy atom. The van der Waals surface area contributed by atoms with Gasteiger partial charge >= 0.3 is 0 Å². The number of hydrogen-bond acceptors (Lipinski definition) is 3. The van der Waals surface area contributed by atoms with E-state index >= 15 is 0 Å². The summed E-state index contributed by atoms with van der Waals surface area (Å²) < 4.78 is 11.5. The minimum absolute atomic E-state index is 0.0179. The van der Waals surface area contributed by atoms with Crippen molar-refractivity contribution in [1.29, 1.82) is 0 Å².